The first-order valence-corrected chi connectivity index (χ1v) is 6.16. The smallest absolute Gasteiger partial charge is 0.258 e. The van der Waals surface area contributed by atoms with Gasteiger partial charge in [0.15, 0.2) is 0 Å². The molecule has 1 N–H and O–H groups in total. The van der Waals surface area contributed by atoms with Gasteiger partial charge in [0.25, 0.3) is 5.56 Å². The number of nitrogens with zero attached hydrogens (tertiary/aromatic N) is 1. The van der Waals surface area contributed by atoms with Crippen molar-refractivity contribution >= 4 is 27.1 Å². The van der Waals surface area contributed by atoms with Crippen LogP contribution in [0.25, 0.3) is 10.1 Å². The first-order chi connectivity index (χ1) is 7.86. The molecular weight excluding hydrogens is 224 g/mol. The number of pyridine rings is 1. The number of hydrogen-bond donors (Lipinski definition) is 1. The SMILES string of the molecule is O=c1[nH]ccc2scc(N3CCOCC3)c12. The minimum absolute atomic E-state index is 0.000224. The molecule has 0 bridgehead atoms. The van der Waals surface area contributed by atoms with Gasteiger partial charge in [0.1, 0.15) is 0 Å². The summed E-state index contributed by atoms with van der Waals surface area (Å²) in [6.07, 6.45) is 1.70. The summed E-state index contributed by atoms with van der Waals surface area (Å²) in [7, 11) is 0. The monoisotopic (exact) mass is 236 g/mol. The van der Waals surface area contributed by atoms with Gasteiger partial charge in [-0.1, -0.05) is 0 Å². The Morgan fingerprint density at radius 3 is 3.00 bits per heavy atom. The lowest BCUT2D eigenvalue weighted by molar-refractivity contribution is 0.123. The van der Waals surface area contributed by atoms with Crippen LogP contribution in [0.15, 0.2) is 22.4 Å². The maximum atomic E-state index is 11.8. The number of anilines is 1. The highest BCUT2D eigenvalue weighted by Gasteiger charge is 2.16. The van der Waals surface area contributed by atoms with Gasteiger partial charge in [-0.25, -0.2) is 0 Å². The lowest BCUT2D eigenvalue weighted by atomic mass is 10.2. The molecule has 0 amide bonds. The highest BCUT2D eigenvalue weighted by Crippen LogP contribution is 2.30. The van der Waals surface area contributed by atoms with E-state index in [2.05, 4.69) is 15.3 Å². The number of nitrogens with one attached hydrogen (secondary N) is 1. The van der Waals surface area contributed by atoms with Crippen molar-refractivity contribution in [3.8, 4) is 0 Å². The van der Waals surface area contributed by atoms with E-state index >= 15 is 0 Å². The van der Waals surface area contributed by atoms with Crippen molar-refractivity contribution in [1.29, 1.82) is 0 Å². The van der Waals surface area contributed by atoms with Crippen LogP contribution in [0.2, 0.25) is 0 Å². The number of morpholine rings is 1. The summed E-state index contributed by atoms with van der Waals surface area (Å²) in [5, 5.41) is 2.88. The van der Waals surface area contributed by atoms with Crippen molar-refractivity contribution in [3.05, 3.63) is 28.0 Å². The molecule has 4 nitrogen and oxygen atoms in total. The molecule has 2 aromatic heterocycles. The summed E-state index contributed by atoms with van der Waals surface area (Å²) < 4.78 is 6.36. The van der Waals surface area contributed by atoms with Gasteiger partial charge in [0.05, 0.1) is 24.3 Å². The largest absolute Gasteiger partial charge is 0.378 e. The second kappa shape index (κ2) is 3.92. The van der Waals surface area contributed by atoms with E-state index in [0.29, 0.717) is 0 Å². The van der Waals surface area contributed by atoms with E-state index < -0.39 is 0 Å². The van der Waals surface area contributed by atoms with Gasteiger partial charge in [-0.15, -0.1) is 11.3 Å². The molecule has 1 aliphatic rings. The summed E-state index contributed by atoms with van der Waals surface area (Å²) in [5.41, 5.74) is 1.05. The van der Waals surface area contributed by atoms with Gasteiger partial charge < -0.3 is 14.6 Å². The van der Waals surface area contributed by atoms with Crippen LogP contribution in [0, 0.1) is 0 Å². The van der Waals surface area contributed by atoms with E-state index in [9.17, 15) is 4.79 Å². The zero-order valence-electron chi connectivity index (χ0n) is 8.73. The van der Waals surface area contributed by atoms with E-state index in [-0.39, 0.29) is 5.56 Å². The lowest BCUT2D eigenvalue weighted by Crippen LogP contribution is -2.36. The molecule has 0 spiro atoms. The Morgan fingerprint density at radius 1 is 1.38 bits per heavy atom. The minimum Gasteiger partial charge on any atom is -0.378 e. The second-order valence-electron chi connectivity index (χ2n) is 3.77. The van der Waals surface area contributed by atoms with Crippen LogP contribution in [-0.2, 0) is 4.74 Å². The van der Waals surface area contributed by atoms with E-state index in [0.717, 1.165) is 42.1 Å². The number of fused-ring (bicyclic) bond motifs is 1. The van der Waals surface area contributed by atoms with Gasteiger partial charge in [0.2, 0.25) is 0 Å². The lowest BCUT2D eigenvalue weighted by Gasteiger charge is -2.28. The Kier molecular flexibility index (Phi) is 2.41. The van der Waals surface area contributed by atoms with Crippen molar-refractivity contribution in [2.75, 3.05) is 31.2 Å². The highest BCUT2D eigenvalue weighted by molar-refractivity contribution is 7.17. The minimum atomic E-state index is 0.000224. The summed E-state index contributed by atoms with van der Waals surface area (Å²) in [4.78, 5) is 16.7. The van der Waals surface area contributed by atoms with E-state index in [1.165, 1.54) is 0 Å². The summed E-state index contributed by atoms with van der Waals surface area (Å²) in [6.45, 7) is 3.20. The van der Waals surface area contributed by atoms with Crippen LogP contribution in [0.1, 0.15) is 0 Å². The first kappa shape index (κ1) is 9.86. The molecule has 84 valence electrons. The van der Waals surface area contributed by atoms with Crippen LogP contribution in [0.5, 0.6) is 0 Å². The Labute approximate surface area is 96.5 Å². The number of rotatable bonds is 1. The third kappa shape index (κ3) is 1.52. The van der Waals surface area contributed by atoms with Gasteiger partial charge in [-0.2, -0.15) is 0 Å². The maximum absolute atomic E-state index is 11.8. The molecule has 1 saturated heterocycles. The van der Waals surface area contributed by atoms with E-state index in [1.807, 2.05) is 6.07 Å². The molecule has 0 atom stereocenters. The maximum Gasteiger partial charge on any atom is 0.258 e. The van der Waals surface area contributed by atoms with Gasteiger partial charge in [-0.05, 0) is 6.07 Å². The van der Waals surface area contributed by atoms with Crippen LogP contribution >= 0.6 is 11.3 Å². The molecule has 1 aliphatic heterocycles. The number of aromatic nitrogens is 1. The Bertz CT molecular complexity index is 554. The second-order valence-corrected chi connectivity index (χ2v) is 4.68. The first-order valence-electron chi connectivity index (χ1n) is 5.28. The predicted molar refractivity (Wildman–Crippen MR) is 65.5 cm³/mol. The molecular formula is C11H12N2O2S. The third-order valence-corrected chi connectivity index (χ3v) is 3.76. The van der Waals surface area contributed by atoms with Crippen LogP contribution in [-0.4, -0.2) is 31.3 Å². The Hall–Kier alpha value is -1.33. The molecule has 3 rings (SSSR count). The molecule has 0 saturated carbocycles. The van der Waals surface area contributed by atoms with Gasteiger partial charge >= 0.3 is 0 Å². The molecule has 16 heavy (non-hydrogen) atoms. The number of H-pyrrole nitrogens is 1. The number of thiophene rings is 1. The van der Waals surface area contributed by atoms with Gasteiger partial charge in [0, 0.05) is 29.4 Å². The van der Waals surface area contributed by atoms with Gasteiger partial charge in [-0.3, -0.25) is 4.79 Å². The number of ether oxygens (including phenoxy) is 1. The summed E-state index contributed by atoms with van der Waals surface area (Å²) in [5.74, 6) is 0. The van der Waals surface area contributed by atoms with Crippen LogP contribution in [0.3, 0.4) is 0 Å². The van der Waals surface area contributed by atoms with Crippen LogP contribution < -0.4 is 10.5 Å². The normalized spacial score (nSPS) is 16.9. The molecule has 0 aliphatic carbocycles. The zero-order chi connectivity index (χ0) is 11.0. The fraction of sp³-hybridized carbons (Fsp3) is 0.364. The Balaban J connectivity index is 2.12. The fourth-order valence-electron chi connectivity index (χ4n) is 2.02. The van der Waals surface area contributed by atoms with E-state index in [1.54, 1.807) is 17.5 Å². The number of aromatic amines is 1. The van der Waals surface area contributed by atoms with E-state index in [4.69, 9.17) is 4.74 Å². The van der Waals surface area contributed by atoms with Crippen molar-refractivity contribution in [2.24, 2.45) is 0 Å². The average molecular weight is 236 g/mol. The van der Waals surface area contributed by atoms with Crippen molar-refractivity contribution in [3.63, 3.8) is 0 Å². The molecule has 0 unspecified atom stereocenters. The molecule has 0 aromatic carbocycles. The van der Waals surface area contributed by atoms with Crippen molar-refractivity contribution in [1.82, 2.24) is 4.98 Å². The molecule has 2 aromatic rings. The summed E-state index contributed by atoms with van der Waals surface area (Å²) >= 11 is 1.62. The average Bonchev–Trinajstić information content (AvgIpc) is 2.75. The number of hydrogen-bond acceptors (Lipinski definition) is 4. The van der Waals surface area contributed by atoms with Crippen molar-refractivity contribution in [2.45, 2.75) is 0 Å². The molecule has 3 heterocycles. The molecule has 0 radical (unpaired) electrons. The predicted octanol–water partition coefficient (Wildman–Crippen LogP) is 1.43. The zero-order valence-corrected chi connectivity index (χ0v) is 9.55. The summed E-state index contributed by atoms with van der Waals surface area (Å²) in [6, 6.07) is 1.95. The van der Waals surface area contributed by atoms with Crippen molar-refractivity contribution < 1.29 is 4.74 Å². The fourth-order valence-corrected chi connectivity index (χ4v) is 2.98. The Morgan fingerprint density at radius 2 is 2.19 bits per heavy atom. The van der Waals surface area contributed by atoms with Crippen LogP contribution in [0.4, 0.5) is 5.69 Å². The quantitative estimate of drug-likeness (QED) is 0.814. The molecule has 1 fully saturated rings. The molecule has 5 heteroatoms. The third-order valence-electron chi connectivity index (χ3n) is 2.83. The standard InChI is InChI=1S/C11H12N2O2S/c14-11-10-8(13-3-5-15-6-4-13)7-16-9(10)1-2-12-11/h1-2,7H,3-6H2,(H,12,14). The topological polar surface area (TPSA) is 45.3 Å². The highest BCUT2D eigenvalue weighted by atomic mass is 32.1.